The first-order valence-corrected chi connectivity index (χ1v) is 13.8. The molecule has 0 bridgehead atoms. The van der Waals surface area contributed by atoms with E-state index in [9.17, 15) is 0 Å². The van der Waals surface area contributed by atoms with Crippen LogP contribution in [0.2, 0.25) is 0 Å². The van der Waals surface area contributed by atoms with E-state index < -0.39 is 0 Å². The van der Waals surface area contributed by atoms with Crippen molar-refractivity contribution in [3.8, 4) is 44.5 Å². The molecule has 0 amide bonds. The van der Waals surface area contributed by atoms with Crippen LogP contribution in [0.4, 0.5) is 0 Å². The number of benzene rings is 5. The van der Waals surface area contributed by atoms with E-state index in [-0.39, 0.29) is 0 Å². The maximum absolute atomic E-state index is 3.97. The molecule has 5 heteroatoms. The Morgan fingerprint density at radius 3 is 0.838 bits per heavy atom. The molecule has 0 spiro atoms. The van der Waals surface area contributed by atoms with Gasteiger partial charge >= 0.3 is 0 Å². The van der Waals surface area contributed by atoms with Gasteiger partial charge in [-0.3, -0.25) is 0 Å². The van der Waals surface area contributed by atoms with E-state index >= 15 is 0 Å². The number of halogens is 2. The summed E-state index contributed by atoms with van der Waals surface area (Å²) < 4.78 is 2.57. The lowest BCUT2D eigenvalue weighted by atomic mass is 9.83. The Labute approximate surface area is 245 Å². The smallest absolute Gasteiger partial charge is 0.0744 e. The molecule has 0 N–H and O–H groups in total. The number of hydrogen-bond donors (Lipinski definition) is 0. The third kappa shape index (κ3) is 6.48. The first-order chi connectivity index (χ1) is 18.2. The minimum atomic E-state index is 1.23. The van der Waals surface area contributed by atoms with Gasteiger partial charge < -0.3 is 0 Å². The molecule has 0 aliphatic rings. The average molecular weight is 712 g/mol. The molecule has 0 unspecified atom stereocenters. The molecule has 186 valence electrons. The van der Waals surface area contributed by atoms with Gasteiger partial charge in [-0.1, -0.05) is 126 Å². The van der Waals surface area contributed by atoms with Gasteiger partial charge in [0, 0.05) is 18.3 Å². The zero-order valence-corrected chi connectivity index (χ0v) is 24.8. The summed E-state index contributed by atoms with van der Waals surface area (Å²) >= 11 is 5.08. The Bertz CT molecular complexity index is 1300. The second kappa shape index (κ2) is 13.8. The normalized spacial score (nSPS) is 10.5. The average Bonchev–Trinajstić information content (AvgIpc) is 2.96. The van der Waals surface area contributed by atoms with Crippen molar-refractivity contribution in [1.29, 1.82) is 0 Å². The molecular formula is C32H26I2O3. The van der Waals surface area contributed by atoms with Crippen molar-refractivity contribution in [1.82, 2.24) is 0 Å². The van der Waals surface area contributed by atoms with Gasteiger partial charge in [-0.05, 0) is 78.6 Å². The van der Waals surface area contributed by atoms with Gasteiger partial charge in [-0.2, -0.15) is 0 Å². The van der Waals surface area contributed by atoms with Gasteiger partial charge in [0.1, 0.15) is 0 Å². The highest BCUT2D eigenvalue weighted by atomic mass is 127. The van der Waals surface area contributed by atoms with Crippen molar-refractivity contribution >= 4 is 45.2 Å². The van der Waals surface area contributed by atoms with Crippen molar-refractivity contribution in [2.24, 2.45) is 0 Å². The van der Waals surface area contributed by atoms with Crippen molar-refractivity contribution in [2.45, 2.75) is 0 Å². The maximum atomic E-state index is 3.97. The van der Waals surface area contributed by atoms with E-state index in [0.29, 0.717) is 0 Å². The summed E-state index contributed by atoms with van der Waals surface area (Å²) in [6.45, 7) is 0. The minimum Gasteiger partial charge on any atom is -0.210 e. The molecule has 0 radical (unpaired) electrons. The maximum Gasteiger partial charge on any atom is 0.0744 e. The molecule has 0 fully saturated rings. The first kappa shape index (κ1) is 27.5. The highest BCUT2D eigenvalue weighted by Gasteiger charge is 2.25. The number of rotatable bonds is 6. The standard InChI is InChI=1S/C30H20I2.C2H6O3/c31-29-27(23-17-9-3-10-18-23)25(21-13-5-1-6-14-21)26(22-15-7-2-8-16-22)28(30(29)32)24-19-11-4-12-20-24;1-3-5-4-2/h1-20H;1-2H3. The molecule has 0 heterocycles. The minimum absolute atomic E-state index is 1.23. The quantitative estimate of drug-likeness (QED) is 0.0998. The Hall–Kier alpha value is -2.56. The summed E-state index contributed by atoms with van der Waals surface area (Å²) in [6.07, 6.45) is 0. The van der Waals surface area contributed by atoms with Crippen LogP contribution in [0, 0.1) is 7.14 Å². The first-order valence-electron chi connectivity index (χ1n) is 11.7. The zero-order valence-electron chi connectivity index (χ0n) is 20.5. The highest BCUT2D eigenvalue weighted by molar-refractivity contribution is 14.1. The Kier molecular flexibility index (Phi) is 10.3. The fraction of sp³-hybridized carbons (Fsp3) is 0.0625. The van der Waals surface area contributed by atoms with Gasteiger partial charge in [0.05, 0.1) is 14.2 Å². The van der Waals surface area contributed by atoms with Crippen LogP contribution in [0.1, 0.15) is 0 Å². The van der Waals surface area contributed by atoms with E-state index in [2.05, 4.69) is 181 Å². The SMILES string of the molecule is COOOC.Ic1c(I)c(-c2ccccc2)c(-c2ccccc2)c(-c2ccccc2)c1-c1ccccc1. The molecule has 3 nitrogen and oxygen atoms in total. The Morgan fingerprint density at radius 2 is 0.622 bits per heavy atom. The summed E-state index contributed by atoms with van der Waals surface area (Å²) in [7, 11) is 2.73. The van der Waals surface area contributed by atoms with Gasteiger partial charge in [0.25, 0.3) is 0 Å². The third-order valence-corrected chi connectivity index (χ3v) is 8.96. The van der Waals surface area contributed by atoms with Crippen LogP contribution in [-0.2, 0) is 14.8 Å². The lowest BCUT2D eigenvalue weighted by Gasteiger charge is -2.24. The topological polar surface area (TPSA) is 27.7 Å². The highest BCUT2D eigenvalue weighted by Crippen LogP contribution is 2.50. The molecule has 5 aromatic carbocycles. The van der Waals surface area contributed by atoms with E-state index in [1.165, 1.54) is 65.9 Å². The summed E-state index contributed by atoms with van der Waals surface area (Å²) in [5.74, 6) is 0. The van der Waals surface area contributed by atoms with Gasteiger partial charge in [0.15, 0.2) is 0 Å². The Morgan fingerprint density at radius 1 is 0.378 bits per heavy atom. The number of hydrogen-bond acceptors (Lipinski definition) is 3. The van der Waals surface area contributed by atoms with E-state index in [4.69, 9.17) is 0 Å². The molecule has 5 rings (SSSR count). The molecule has 5 aromatic rings. The summed E-state index contributed by atoms with van der Waals surface area (Å²) in [5.41, 5.74) is 10.1. The monoisotopic (exact) mass is 712 g/mol. The van der Waals surface area contributed by atoms with Crippen molar-refractivity contribution < 1.29 is 14.8 Å². The lowest BCUT2D eigenvalue weighted by Crippen LogP contribution is -2.01. The van der Waals surface area contributed by atoms with Crippen molar-refractivity contribution in [3.63, 3.8) is 0 Å². The molecule has 37 heavy (non-hydrogen) atoms. The van der Waals surface area contributed by atoms with Crippen LogP contribution < -0.4 is 0 Å². The molecule has 0 saturated carbocycles. The summed E-state index contributed by atoms with van der Waals surface area (Å²) in [5, 5.41) is 3.83. The Balaban J connectivity index is 0.000000586. The summed E-state index contributed by atoms with van der Waals surface area (Å²) in [6, 6.07) is 43.2. The van der Waals surface area contributed by atoms with Crippen LogP contribution in [0.5, 0.6) is 0 Å². The molecule has 0 aliphatic carbocycles. The van der Waals surface area contributed by atoms with E-state index in [1.54, 1.807) is 0 Å². The van der Waals surface area contributed by atoms with Gasteiger partial charge in [-0.15, -0.1) is 0 Å². The molecular weight excluding hydrogens is 686 g/mol. The lowest BCUT2D eigenvalue weighted by molar-refractivity contribution is -0.491. The second-order valence-electron chi connectivity index (χ2n) is 7.99. The van der Waals surface area contributed by atoms with Crippen LogP contribution in [-0.4, -0.2) is 14.2 Å². The fourth-order valence-electron chi connectivity index (χ4n) is 4.30. The van der Waals surface area contributed by atoms with Gasteiger partial charge in [-0.25, -0.2) is 9.78 Å². The van der Waals surface area contributed by atoms with E-state index in [0.717, 1.165) is 0 Å². The largest absolute Gasteiger partial charge is 0.210 e. The van der Waals surface area contributed by atoms with Gasteiger partial charge in [0.2, 0.25) is 0 Å². The van der Waals surface area contributed by atoms with Crippen LogP contribution in [0.3, 0.4) is 0 Å². The third-order valence-electron chi connectivity index (χ3n) is 5.77. The van der Waals surface area contributed by atoms with E-state index in [1.807, 2.05) is 0 Å². The predicted molar refractivity (Wildman–Crippen MR) is 169 cm³/mol. The molecule has 0 aromatic heterocycles. The second-order valence-corrected chi connectivity index (χ2v) is 10.2. The van der Waals surface area contributed by atoms with Crippen LogP contribution in [0.15, 0.2) is 121 Å². The van der Waals surface area contributed by atoms with Crippen LogP contribution in [0.25, 0.3) is 44.5 Å². The van der Waals surface area contributed by atoms with Crippen molar-refractivity contribution in [2.75, 3.05) is 14.2 Å². The molecule has 0 saturated heterocycles. The summed E-state index contributed by atoms with van der Waals surface area (Å²) in [4.78, 5) is 7.94. The predicted octanol–water partition coefficient (Wildman–Crippen LogP) is 9.69. The zero-order chi connectivity index (χ0) is 26.0. The van der Waals surface area contributed by atoms with Crippen LogP contribution >= 0.6 is 45.2 Å². The van der Waals surface area contributed by atoms with Crippen molar-refractivity contribution in [3.05, 3.63) is 128 Å². The fourth-order valence-corrected chi connectivity index (χ4v) is 6.00. The molecule has 0 atom stereocenters. The molecule has 0 aliphatic heterocycles.